The van der Waals surface area contributed by atoms with Crippen LogP contribution in [0.2, 0.25) is 0 Å². The van der Waals surface area contributed by atoms with Gasteiger partial charge in [-0.15, -0.1) is 0 Å². The maximum atomic E-state index is 10.1. The van der Waals surface area contributed by atoms with E-state index in [0.717, 1.165) is 16.7 Å². The SMILES string of the molecule is COc1cc([C@H]2Oc3cc(/C=C/c4ccc(O)cc4O)ccc3[C@H]2c2cc(O)cc(O)c2)ccc1O. The van der Waals surface area contributed by atoms with Crippen LogP contribution >= 0.6 is 0 Å². The minimum atomic E-state index is -0.518. The zero-order valence-corrected chi connectivity index (χ0v) is 19.3. The van der Waals surface area contributed by atoms with Gasteiger partial charge in [0.05, 0.1) is 13.0 Å². The van der Waals surface area contributed by atoms with Crippen LogP contribution in [0.4, 0.5) is 0 Å². The van der Waals surface area contributed by atoms with Crippen LogP contribution in [-0.2, 0) is 0 Å². The summed E-state index contributed by atoms with van der Waals surface area (Å²) in [4.78, 5) is 0. The summed E-state index contributed by atoms with van der Waals surface area (Å²) in [5, 5.41) is 49.9. The van der Waals surface area contributed by atoms with E-state index in [1.54, 1.807) is 36.4 Å². The number of hydrogen-bond acceptors (Lipinski definition) is 7. The molecule has 1 aliphatic heterocycles. The second-order valence-corrected chi connectivity index (χ2v) is 8.60. The summed E-state index contributed by atoms with van der Waals surface area (Å²) >= 11 is 0. The lowest BCUT2D eigenvalue weighted by atomic mass is 9.84. The minimum absolute atomic E-state index is 0.00761. The Balaban J connectivity index is 1.56. The minimum Gasteiger partial charge on any atom is -0.508 e. The average molecular weight is 485 g/mol. The molecule has 0 saturated carbocycles. The summed E-state index contributed by atoms with van der Waals surface area (Å²) in [6.45, 7) is 0. The van der Waals surface area contributed by atoms with Crippen LogP contribution in [0.3, 0.4) is 0 Å². The largest absolute Gasteiger partial charge is 0.508 e. The lowest BCUT2D eigenvalue weighted by Crippen LogP contribution is -2.11. The van der Waals surface area contributed by atoms with Crippen LogP contribution in [0.25, 0.3) is 12.2 Å². The maximum absolute atomic E-state index is 10.1. The Labute approximate surface area is 207 Å². The van der Waals surface area contributed by atoms with Crippen LogP contribution in [-0.4, -0.2) is 32.6 Å². The number of benzene rings is 4. The van der Waals surface area contributed by atoms with Gasteiger partial charge >= 0.3 is 0 Å². The van der Waals surface area contributed by atoms with Crippen molar-refractivity contribution in [2.24, 2.45) is 0 Å². The first-order chi connectivity index (χ1) is 17.3. The van der Waals surface area contributed by atoms with Gasteiger partial charge in [0.2, 0.25) is 0 Å². The van der Waals surface area contributed by atoms with Crippen molar-refractivity contribution in [1.29, 1.82) is 0 Å². The van der Waals surface area contributed by atoms with E-state index in [2.05, 4.69) is 0 Å². The molecule has 0 aliphatic carbocycles. The molecule has 0 unspecified atom stereocenters. The maximum Gasteiger partial charge on any atom is 0.160 e. The topological polar surface area (TPSA) is 120 Å². The van der Waals surface area contributed by atoms with Crippen LogP contribution in [0.1, 0.15) is 39.8 Å². The molecule has 0 radical (unpaired) electrons. The normalized spacial score (nSPS) is 16.6. The second-order valence-electron chi connectivity index (χ2n) is 8.60. The van der Waals surface area contributed by atoms with Gasteiger partial charge in [0, 0.05) is 23.3 Å². The van der Waals surface area contributed by atoms with Gasteiger partial charge in [-0.2, -0.15) is 0 Å². The highest BCUT2D eigenvalue weighted by Gasteiger charge is 2.37. The van der Waals surface area contributed by atoms with Gasteiger partial charge in [-0.25, -0.2) is 0 Å². The summed E-state index contributed by atoms with van der Waals surface area (Å²) in [5.74, 6) is 0.409. The number of aromatic hydroxyl groups is 5. The standard InChI is InChI=1S/C29H24O7/c1-35-27-13-18(6-9-24(27)33)29-28(19-11-21(31)14-22(32)12-19)23-8-3-16(10-26(23)36-29)2-4-17-5-7-20(30)15-25(17)34/h2-15,28-34H,1H3/b4-2+/t28-,29-/m1/s1. The van der Waals surface area contributed by atoms with Crippen LogP contribution in [0.5, 0.6) is 40.2 Å². The van der Waals surface area contributed by atoms with E-state index in [9.17, 15) is 25.5 Å². The first kappa shape index (κ1) is 23.0. The quantitative estimate of drug-likeness (QED) is 0.232. The molecule has 1 aliphatic rings. The Kier molecular flexibility index (Phi) is 5.82. The van der Waals surface area contributed by atoms with Crippen LogP contribution < -0.4 is 9.47 Å². The van der Waals surface area contributed by atoms with E-state index in [0.29, 0.717) is 22.6 Å². The van der Waals surface area contributed by atoms with Gasteiger partial charge in [-0.1, -0.05) is 30.4 Å². The molecule has 5 N–H and O–H groups in total. The molecule has 0 aromatic heterocycles. The molecule has 0 bridgehead atoms. The van der Waals surface area contributed by atoms with Gasteiger partial charge < -0.3 is 35.0 Å². The number of rotatable bonds is 5. The number of methoxy groups -OCH3 is 1. The Morgan fingerprint density at radius 2 is 1.47 bits per heavy atom. The molecule has 36 heavy (non-hydrogen) atoms. The molecule has 4 aromatic carbocycles. The van der Waals surface area contributed by atoms with Crippen molar-refractivity contribution in [3.05, 3.63) is 101 Å². The molecule has 5 rings (SSSR count). The first-order valence-corrected chi connectivity index (χ1v) is 11.2. The molecule has 1 heterocycles. The Morgan fingerprint density at radius 3 is 2.19 bits per heavy atom. The Morgan fingerprint density at radius 1 is 0.694 bits per heavy atom. The highest BCUT2D eigenvalue weighted by molar-refractivity contribution is 5.74. The highest BCUT2D eigenvalue weighted by Crippen LogP contribution is 2.51. The number of ether oxygens (including phenoxy) is 2. The fourth-order valence-electron chi connectivity index (χ4n) is 4.52. The molecule has 7 nitrogen and oxygen atoms in total. The zero-order chi connectivity index (χ0) is 25.4. The highest BCUT2D eigenvalue weighted by atomic mass is 16.5. The van der Waals surface area contributed by atoms with Crippen molar-refractivity contribution >= 4 is 12.2 Å². The molecule has 182 valence electrons. The van der Waals surface area contributed by atoms with Crippen molar-refractivity contribution in [3.8, 4) is 40.2 Å². The van der Waals surface area contributed by atoms with Crippen LogP contribution in [0, 0.1) is 0 Å². The van der Waals surface area contributed by atoms with Crippen molar-refractivity contribution in [1.82, 2.24) is 0 Å². The Hall–Kier alpha value is -4.78. The van der Waals surface area contributed by atoms with Crippen LogP contribution in [0.15, 0.2) is 72.8 Å². The lowest BCUT2D eigenvalue weighted by molar-refractivity contribution is 0.221. The molecule has 0 spiro atoms. The monoisotopic (exact) mass is 484 g/mol. The van der Waals surface area contributed by atoms with E-state index in [-0.39, 0.29) is 34.7 Å². The van der Waals surface area contributed by atoms with Crippen molar-refractivity contribution in [3.63, 3.8) is 0 Å². The first-order valence-electron chi connectivity index (χ1n) is 11.2. The lowest BCUT2D eigenvalue weighted by Gasteiger charge is -2.21. The van der Waals surface area contributed by atoms with E-state index in [4.69, 9.17) is 9.47 Å². The third kappa shape index (κ3) is 4.34. The van der Waals surface area contributed by atoms with Crippen molar-refractivity contribution in [2.45, 2.75) is 12.0 Å². The average Bonchev–Trinajstić information content (AvgIpc) is 3.22. The summed E-state index contributed by atoms with van der Waals surface area (Å²) in [5.41, 5.74) is 3.65. The van der Waals surface area contributed by atoms with E-state index >= 15 is 0 Å². The molecule has 7 heteroatoms. The molecular formula is C29H24O7. The summed E-state index contributed by atoms with van der Waals surface area (Å²) in [6, 6.07) is 19.5. The molecule has 0 saturated heterocycles. The molecule has 0 fully saturated rings. The van der Waals surface area contributed by atoms with Crippen molar-refractivity contribution < 1.29 is 35.0 Å². The summed E-state index contributed by atoms with van der Waals surface area (Å²) < 4.78 is 11.7. The third-order valence-corrected chi connectivity index (χ3v) is 6.22. The summed E-state index contributed by atoms with van der Waals surface area (Å²) in [7, 11) is 1.47. The van der Waals surface area contributed by atoms with Gasteiger partial charge in [-0.3, -0.25) is 0 Å². The van der Waals surface area contributed by atoms with Gasteiger partial charge in [0.15, 0.2) is 11.5 Å². The predicted octanol–water partition coefficient (Wildman–Crippen LogP) is 5.66. The van der Waals surface area contributed by atoms with Gasteiger partial charge in [-0.05, 0) is 59.2 Å². The van der Waals surface area contributed by atoms with Gasteiger partial charge in [0.25, 0.3) is 0 Å². The van der Waals surface area contributed by atoms with Crippen molar-refractivity contribution in [2.75, 3.05) is 7.11 Å². The second kappa shape index (κ2) is 9.11. The molecule has 0 amide bonds. The number of fused-ring (bicyclic) bond motifs is 1. The fraction of sp³-hybridized carbons (Fsp3) is 0.103. The van der Waals surface area contributed by atoms with Gasteiger partial charge in [0.1, 0.15) is 34.9 Å². The molecule has 4 aromatic rings. The smallest absolute Gasteiger partial charge is 0.160 e. The molecule has 2 atom stereocenters. The number of phenolic OH excluding ortho intramolecular Hbond substituents is 5. The van der Waals surface area contributed by atoms with E-state index in [1.165, 1.54) is 31.4 Å². The van der Waals surface area contributed by atoms with E-state index < -0.39 is 6.10 Å². The third-order valence-electron chi connectivity index (χ3n) is 6.22. The molecular weight excluding hydrogens is 460 g/mol. The zero-order valence-electron chi connectivity index (χ0n) is 19.3. The predicted molar refractivity (Wildman–Crippen MR) is 135 cm³/mol. The van der Waals surface area contributed by atoms with E-state index in [1.807, 2.05) is 24.3 Å². The Bertz CT molecular complexity index is 1450. The summed E-state index contributed by atoms with van der Waals surface area (Å²) in [6.07, 6.45) is 3.04. The fourth-order valence-corrected chi connectivity index (χ4v) is 4.52. The number of hydrogen-bond donors (Lipinski definition) is 5. The number of phenols is 5.